The molecule has 1 N–H and O–H groups in total. The van der Waals surface area contributed by atoms with Crippen molar-refractivity contribution in [2.24, 2.45) is 0 Å². The van der Waals surface area contributed by atoms with E-state index in [1.54, 1.807) is 0 Å². The highest BCUT2D eigenvalue weighted by molar-refractivity contribution is 6.04. The van der Waals surface area contributed by atoms with Crippen LogP contribution in [-0.2, 0) is 4.74 Å². The number of hydrogen-bond donors (Lipinski definition) is 1. The van der Waals surface area contributed by atoms with Gasteiger partial charge in [0.2, 0.25) is 0 Å². The maximum absolute atomic E-state index is 12.5. The van der Waals surface area contributed by atoms with Gasteiger partial charge in [-0.2, -0.15) is 5.10 Å². The van der Waals surface area contributed by atoms with Gasteiger partial charge < -0.3 is 9.64 Å². The van der Waals surface area contributed by atoms with Crippen LogP contribution in [0.2, 0.25) is 0 Å². The van der Waals surface area contributed by atoms with Crippen LogP contribution in [0.1, 0.15) is 30.3 Å². The van der Waals surface area contributed by atoms with E-state index in [1.807, 2.05) is 36.1 Å². The molecule has 1 amide bonds. The first-order valence-corrected chi connectivity index (χ1v) is 7.13. The summed E-state index contributed by atoms with van der Waals surface area (Å²) in [4.78, 5) is 14.4. The lowest BCUT2D eigenvalue weighted by Crippen LogP contribution is -2.41. The number of rotatable bonds is 3. The third-order valence-electron chi connectivity index (χ3n) is 3.80. The summed E-state index contributed by atoms with van der Waals surface area (Å²) in [6.07, 6.45) is 2.10. The normalized spacial score (nSPS) is 16.8. The fourth-order valence-electron chi connectivity index (χ4n) is 2.74. The number of amides is 1. The highest BCUT2D eigenvalue weighted by Gasteiger charge is 2.26. The van der Waals surface area contributed by atoms with E-state index >= 15 is 0 Å². The van der Waals surface area contributed by atoms with Crippen LogP contribution in [0.3, 0.4) is 0 Å². The number of carbonyl (C=O) groups is 1. The molecule has 1 aromatic heterocycles. The Balaban J connectivity index is 1.74. The second-order valence-electron chi connectivity index (χ2n) is 5.06. The molecule has 0 atom stereocenters. The van der Waals surface area contributed by atoms with Crippen LogP contribution in [-0.4, -0.2) is 46.8 Å². The Hall–Kier alpha value is -1.88. The van der Waals surface area contributed by atoms with Crippen LogP contribution in [0.4, 0.5) is 0 Å². The number of carbonyl (C=O) groups excluding carboxylic acids is 1. The summed E-state index contributed by atoms with van der Waals surface area (Å²) in [6.45, 7) is 4.23. The van der Waals surface area contributed by atoms with Gasteiger partial charge in [-0.3, -0.25) is 9.89 Å². The molecule has 106 valence electrons. The SMILES string of the molecule is CCOC1CCN(C(=O)c2n[nH]c3ccccc23)CC1. The fraction of sp³-hybridized carbons (Fsp3) is 0.467. The second-order valence-corrected chi connectivity index (χ2v) is 5.06. The third kappa shape index (κ3) is 2.41. The fourth-order valence-corrected chi connectivity index (χ4v) is 2.74. The van der Waals surface area contributed by atoms with Gasteiger partial charge in [-0.25, -0.2) is 0 Å². The quantitative estimate of drug-likeness (QED) is 0.932. The number of ether oxygens (including phenoxy) is 1. The first-order valence-electron chi connectivity index (χ1n) is 7.13. The summed E-state index contributed by atoms with van der Waals surface area (Å²) in [5.74, 6) is 0.0115. The minimum absolute atomic E-state index is 0.0115. The zero-order chi connectivity index (χ0) is 13.9. The van der Waals surface area contributed by atoms with E-state index in [2.05, 4.69) is 10.2 Å². The van der Waals surface area contributed by atoms with Gasteiger partial charge in [0.25, 0.3) is 5.91 Å². The number of nitrogens with zero attached hydrogens (tertiary/aromatic N) is 2. The highest BCUT2D eigenvalue weighted by Crippen LogP contribution is 2.20. The average Bonchev–Trinajstić information content (AvgIpc) is 2.92. The number of piperidine rings is 1. The predicted octanol–water partition coefficient (Wildman–Crippen LogP) is 2.20. The summed E-state index contributed by atoms with van der Waals surface area (Å²) in [7, 11) is 0. The number of nitrogens with one attached hydrogen (secondary N) is 1. The predicted molar refractivity (Wildman–Crippen MR) is 76.6 cm³/mol. The number of para-hydroxylation sites is 1. The molecule has 0 unspecified atom stereocenters. The Morgan fingerprint density at radius 1 is 1.40 bits per heavy atom. The van der Waals surface area contributed by atoms with Crippen molar-refractivity contribution in [3.63, 3.8) is 0 Å². The Bertz CT molecular complexity index is 600. The van der Waals surface area contributed by atoms with Crippen molar-refractivity contribution >= 4 is 16.8 Å². The molecule has 1 saturated heterocycles. The standard InChI is InChI=1S/C15H19N3O2/c1-2-20-11-7-9-18(10-8-11)15(19)14-12-5-3-4-6-13(12)16-17-14/h3-6,11H,2,7-10H2,1H3,(H,16,17). The maximum Gasteiger partial charge on any atom is 0.274 e. The van der Waals surface area contributed by atoms with Gasteiger partial charge in [-0.05, 0) is 25.8 Å². The molecule has 1 aliphatic heterocycles. The molecule has 2 heterocycles. The summed E-state index contributed by atoms with van der Waals surface area (Å²) in [5.41, 5.74) is 1.43. The van der Waals surface area contributed by atoms with Crippen LogP contribution in [0.15, 0.2) is 24.3 Å². The van der Waals surface area contributed by atoms with Crippen LogP contribution >= 0.6 is 0 Å². The van der Waals surface area contributed by atoms with Crippen molar-refractivity contribution < 1.29 is 9.53 Å². The van der Waals surface area contributed by atoms with Crippen molar-refractivity contribution in [3.8, 4) is 0 Å². The smallest absolute Gasteiger partial charge is 0.274 e. The van der Waals surface area contributed by atoms with Crippen LogP contribution in [0.5, 0.6) is 0 Å². The lowest BCUT2D eigenvalue weighted by Gasteiger charge is -2.31. The minimum atomic E-state index is 0.0115. The Labute approximate surface area is 117 Å². The molecule has 0 aliphatic carbocycles. The highest BCUT2D eigenvalue weighted by atomic mass is 16.5. The average molecular weight is 273 g/mol. The van der Waals surface area contributed by atoms with Gasteiger partial charge in [0.1, 0.15) is 0 Å². The van der Waals surface area contributed by atoms with Crippen LogP contribution in [0.25, 0.3) is 10.9 Å². The van der Waals surface area contributed by atoms with Gasteiger partial charge >= 0.3 is 0 Å². The number of H-pyrrole nitrogens is 1. The van der Waals surface area contributed by atoms with Gasteiger partial charge in [0.15, 0.2) is 5.69 Å². The van der Waals surface area contributed by atoms with Crippen molar-refractivity contribution in [3.05, 3.63) is 30.0 Å². The Kier molecular flexibility index (Phi) is 3.69. The van der Waals surface area contributed by atoms with E-state index < -0.39 is 0 Å². The zero-order valence-corrected chi connectivity index (χ0v) is 11.6. The molecule has 1 fully saturated rings. The lowest BCUT2D eigenvalue weighted by molar-refractivity contribution is 0.0145. The molecule has 20 heavy (non-hydrogen) atoms. The van der Waals surface area contributed by atoms with Gasteiger partial charge in [0, 0.05) is 25.1 Å². The topological polar surface area (TPSA) is 58.2 Å². The molecule has 3 rings (SSSR count). The number of hydrogen-bond acceptors (Lipinski definition) is 3. The van der Waals surface area contributed by atoms with E-state index in [1.165, 1.54) is 0 Å². The molecule has 1 aliphatic rings. The largest absolute Gasteiger partial charge is 0.378 e. The van der Waals surface area contributed by atoms with E-state index in [9.17, 15) is 4.79 Å². The number of fused-ring (bicyclic) bond motifs is 1. The molecule has 0 bridgehead atoms. The Morgan fingerprint density at radius 3 is 2.90 bits per heavy atom. The molecular formula is C15H19N3O2. The van der Waals surface area contributed by atoms with E-state index in [-0.39, 0.29) is 5.91 Å². The maximum atomic E-state index is 12.5. The molecule has 1 aromatic carbocycles. The molecule has 0 radical (unpaired) electrons. The van der Waals surface area contributed by atoms with Gasteiger partial charge in [-0.15, -0.1) is 0 Å². The zero-order valence-electron chi connectivity index (χ0n) is 11.6. The van der Waals surface area contributed by atoms with Crippen molar-refractivity contribution in [2.45, 2.75) is 25.9 Å². The summed E-state index contributed by atoms with van der Waals surface area (Å²) < 4.78 is 5.61. The number of aromatic nitrogens is 2. The molecule has 0 spiro atoms. The second kappa shape index (κ2) is 5.63. The van der Waals surface area contributed by atoms with Crippen LogP contribution < -0.4 is 0 Å². The Morgan fingerprint density at radius 2 is 2.15 bits per heavy atom. The summed E-state index contributed by atoms with van der Waals surface area (Å²) in [6, 6.07) is 7.72. The molecule has 5 heteroatoms. The molecular weight excluding hydrogens is 254 g/mol. The van der Waals surface area contributed by atoms with E-state index in [0.717, 1.165) is 43.4 Å². The van der Waals surface area contributed by atoms with Gasteiger partial charge in [-0.1, -0.05) is 18.2 Å². The monoisotopic (exact) mass is 273 g/mol. The van der Waals surface area contributed by atoms with Crippen molar-refractivity contribution in [1.82, 2.24) is 15.1 Å². The summed E-state index contributed by atoms with van der Waals surface area (Å²) >= 11 is 0. The summed E-state index contributed by atoms with van der Waals surface area (Å²) in [5, 5.41) is 7.99. The van der Waals surface area contributed by atoms with E-state index in [0.29, 0.717) is 11.8 Å². The van der Waals surface area contributed by atoms with E-state index in [4.69, 9.17) is 4.74 Å². The lowest BCUT2D eigenvalue weighted by atomic mass is 10.1. The first kappa shape index (κ1) is 13.1. The van der Waals surface area contributed by atoms with Crippen molar-refractivity contribution in [2.75, 3.05) is 19.7 Å². The van der Waals surface area contributed by atoms with Gasteiger partial charge in [0.05, 0.1) is 11.6 Å². The molecule has 2 aromatic rings. The number of benzene rings is 1. The molecule has 0 saturated carbocycles. The first-order chi connectivity index (χ1) is 9.79. The number of likely N-dealkylation sites (tertiary alicyclic amines) is 1. The molecule has 5 nitrogen and oxygen atoms in total. The third-order valence-corrected chi connectivity index (χ3v) is 3.80. The minimum Gasteiger partial charge on any atom is -0.378 e. The number of aromatic amines is 1. The van der Waals surface area contributed by atoms with Crippen molar-refractivity contribution in [1.29, 1.82) is 0 Å². The van der Waals surface area contributed by atoms with Crippen LogP contribution in [0, 0.1) is 0 Å².